The third-order valence-electron chi connectivity index (χ3n) is 6.89. The number of halogens is 2. The number of carbonyl (C=O) groups excluding carboxylic acids is 3. The molecule has 1 atom stereocenters. The third-order valence-corrected chi connectivity index (χ3v) is 8.88. The molecule has 0 radical (unpaired) electrons. The zero-order valence-corrected chi connectivity index (χ0v) is 27.0. The number of anilines is 2. The van der Waals surface area contributed by atoms with E-state index in [2.05, 4.69) is 16.0 Å². The van der Waals surface area contributed by atoms with Crippen LogP contribution in [-0.4, -0.2) is 17.7 Å². The van der Waals surface area contributed by atoms with Crippen LogP contribution in [0.2, 0.25) is 10.0 Å². The number of amides is 3. The molecule has 0 aliphatic rings. The quantitative estimate of drug-likeness (QED) is 0.103. The molecule has 5 aromatic rings. The lowest BCUT2D eigenvalue weighted by molar-refractivity contribution is -0.116. The summed E-state index contributed by atoms with van der Waals surface area (Å²) in [4.78, 5) is 41.0. The first-order valence-corrected chi connectivity index (χ1v) is 15.9. The highest BCUT2D eigenvalue weighted by Crippen LogP contribution is 2.37. The molecule has 0 aromatic heterocycles. The van der Waals surface area contributed by atoms with E-state index in [1.165, 1.54) is 11.8 Å². The first kappa shape index (κ1) is 32.6. The fraction of sp³-hybridized carbons (Fsp3) is 0.0541. The van der Waals surface area contributed by atoms with Crippen LogP contribution in [0.15, 0.2) is 138 Å². The SMILES string of the molecule is Cc1ccccc1/C=C(\NC(=O)c1ccccc1)C(=O)Nc1cccc(SC(C(=O)Nc2ccc(Cl)c(Cl)c2)c2ccccc2)c1. The summed E-state index contributed by atoms with van der Waals surface area (Å²) in [7, 11) is 0. The fourth-order valence-corrected chi connectivity index (χ4v) is 5.89. The topological polar surface area (TPSA) is 87.3 Å². The highest BCUT2D eigenvalue weighted by atomic mass is 35.5. The normalized spacial score (nSPS) is 11.8. The van der Waals surface area contributed by atoms with Crippen LogP contribution >= 0.6 is 35.0 Å². The van der Waals surface area contributed by atoms with E-state index in [9.17, 15) is 14.4 Å². The Labute approximate surface area is 281 Å². The third kappa shape index (κ3) is 8.67. The van der Waals surface area contributed by atoms with Gasteiger partial charge < -0.3 is 16.0 Å². The summed E-state index contributed by atoms with van der Waals surface area (Å²) >= 11 is 13.5. The molecule has 0 saturated carbocycles. The molecule has 1 unspecified atom stereocenters. The standard InChI is InChI=1S/C37H29Cl2N3O3S/c1-24-11-8-9-16-27(24)21-33(42-35(43)26-14-6-3-7-15-26)36(44)40-28-17-10-18-30(22-28)46-34(25-12-4-2-5-13-25)37(45)41-29-19-20-31(38)32(39)23-29/h2-23,34H,1H3,(H,40,44)(H,41,45)(H,42,43)/b33-21-. The van der Waals surface area contributed by atoms with Crippen molar-refractivity contribution < 1.29 is 14.4 Å². The van der Waals surface area contributed by atoms with Crippen molar-refractivity contribution >= 4 is 70.1 Å². The van der Waals surface area contributed by atoms with E-state index in [0.717, 1.165) is 21.6 Å². The molecule has 5 rings (SSSR count). The number of nitrogens with one attached hydrogen (secondary N) is 3. The number of hydrogen-bond acceptors (Lipinski definition) is 4. The molecule has 9 heteroatoms. The van der Waals surface area contributed by atoms with Gasteiger partial charge in [0, 0.05) is 21.8 Å². The van der Waals surface area contributed by atoms with E-state index in [1.54, 1.807) is 66.7 Å². The minimum Gasteiger partial charge on any atom is -0.325 e. The van der Waals surface area contributed by atoms with Crippen molar-refractivity contribution in [1.82, 2.24) is 5.32 Å². The Kier molecular flexibility index (Phi) is 10.9. The number of aryl methyl sites for hydroxylation is 1. The monoisotopic (exact) mass is 665 g/mol. The van der Waals surface area contributed by atoms with Crippen molar-refractivity contribution in [3.05, 3.63) is 165 Å². The van der Waals surface area contributed by atoms with Gasteiger partial charge in [0.1, 0.15) is 10.9 Å². The van der Waals surface area contributed by atoms with E-state index in [0.29, 0.717) is 27.0 Å². The maximum Gasteiger partial charge on any atom is 0.272 e. The number of thioether (sulfide) groups is 1. The minimum atomic E-state index is -0.622. The summed E-state index contributed by atoms with van der Waals surface area (Å²) in [5.74, 6) is -1.15. The van der Waals surface area contributed by atoms with Crippen LogP contribution in [0.5, 0.6) is 0 Å². The summed E-state index contributed by atoms with van der Waals surface area (Å²) < 4.78 is 0. The molecule has 0 aliphatic heterocycles. The Morgan fingerprint density at radius 3 is 2.09 bits per heavy atom. The van der Waals surface area contributed by atoms with E-state index in [1.807, 2.05) is 73.7 Å². The molecule has 0 bridgehead atoms. The molecule has 3 N–H and O–H groups in total. The second-order valence-corrected chi connectivity index (χ2v) is 12.2. The predicted octanol–water partition coefficient (Wildman–Crippen LogP) is 9.18. The van der Waals surface area contributed by atoms with Gasteiger partial charge >= 0.3 is 0 Å². The van der Waals surface area contributed by atoms with Gasteiger partial charge in [0.05, 0.1) is 10.0 Å². The summed E-state index contributed by atoms with van der Waals surface area (Å²) in [6.45, 7) is 1.93. The lowest BCUT2D eigenvalue weighted by Crippen LogP contribution is -2.30. The number of hydrogen-bond donors (Lipinski definition) is 3. The lowest BCUT2D eigenvalue weighted by atomic mass is 10.1. The number of carbonyl (C=O) groups is 3. The van der Waals surface area contributed by atoms with Crippen molar-refractivity contribution in [2.45, 2.75) is 17.1 Å². The molecule has 6 nitrogen and oxygen atoms in total. The molecule has 0 aliphatic carbocycles. The molecule has 0 fully saturated rings. The zero-order valence-electron chi connectivity index (χ0n) is 24.7. The van der Waals surface area contributed by atoms with E-state index < -0.39 is 17.1 Å². The van der Waals surface area contributed by atoms with Crippen molar-refractivity contribution in [3.63, 3.8) is 0 Å². The summed E-state index contributed by atoms with van der Waals surface area (Å²) in [6, 6.07) is 37.8. The van der Waals surface area contributed by atoms with Gasteiger partial charge in [-0.05, 0) is 78.2 Å². The van der Waals surface area contributed by atoms with Gasteiger partial charge in [-0.25, -0.2) is 0 Å². The number of benzene rings is 5. The predicted molar refractivity (Wildman–Crippen MR) is 188 cm³/mol. The van der Waals surface area contributed by atoms with Gasteiger partial charge in [-0.3, -0.25) is 14.4 Å². The van der Waals surface area contributed by atoms with Crippen LogP contribution in [0.4, 0.5) is 11.4 Å². The summed E-state index contributed by atoms with van der Waals surface area (Å²) in [5, 5.41) is 8.72. The van der Waals surface area contributed by atoms with Gasteiger partial charge in [0.15, 0.2) is 0 Å². The van der Waals surface area contributed by atoms with Crippen molar-refractivity contribution in [3.8, 4) is 0 Å². The molecule has 230 valence electrons. The zero-order chi connectivity index (χ0) is 32.5. The van der Waals surface area contributed by atoms with Gasteiger partial charge in [-0.1, -0.05) is 102 Å². The highest BCUT2D eigenvalue weighted by molar-refractivity contribution is 8.00. The van der Waals surface area contributed by atoms with Crippen LogP contribution < -0.4 is 16.0 Å². The Morgan fingerprint density at radius 2 is 1.37 bits per heavy atom. The first-order valence-electron chi connectivity index (χ1n) is 14.3. The molecular formula is C37H29Cl2N3O3S. The molecule has 5 aromatic carbocycles. The second-order valence-electron chi connectivity index (χ2n) is 10.2. The minimum absolute atomic E-state index is 0.0874. The van der Waals surface area contributed by atoms with Crippen molar-refractivity contribution in [2.75, 3.05) is 10.6 Å². The molecule has 0 heterocycles. The van der Waals surface area contributed by atoms with Crippen molar-refractivity contribution in [1.29, 1.82) is 0 Å². The van der Waals surface area contributed by atoms with Crippen LogP contribution in [0, 0.1) is 6.92 Å². The van der Waals surface area contributed by atoms with E-state index >= 15 is 0 Å². The Balaban J connectivity index is 1.38. The first-order chi connectivity index (χ1) is 22.3. The summed E-state index contributed by atoms with van der Waals surface area (Å²) in [5.41, 5.74) is 4.07. The molecular weight excluding hydrogens is 637 g/mol. The van der Waals surface area contributed by atoms with E-state index in [4.69, 9.17) is 23.2 Å². The average molecular weight is 667 g/mol. The fourth-order valence-electron chi connectivity index (χ4n) is 4.51. The maximum absolute atomic E-state index is 13.6. The van der Waals surface area contributed by atoms with Crippen LogP contribution in [0.1, 0.15) is 32.3 Å². The van der Waals surface area contributed by atoms with Crippen molar-refractivity contribution in [2.24, 2.45) is 0 Å². The van der Waals surface area contributed by atoms with Gasteiger partial charge in [0.25, 0.3) is 11.8 Å². The largest absolute Gasteiger partial charge is 0.325 e. The van der Waals surface area contributed by atoms with Gasteiger partial charge in [0.2, 0.25) is 5.91 Å². The Bertz CT molecular complexity index is 1900. The Morgan fingerprint density at radius 1 is 0.696 bits per heavy atom. The molecule has 0 saturated heterocycles. The average Bonchev–Trinajstić information content (AvgIpc) is 3.07. The van der Waals surface area contributed by atoms with Crippen LogP contribution in [0.25, 0.3) is 6.08 Å². The maximum atomic E-state index is 13.6. The Hall–Kier alpha value is -4.82. The van der Waals surface area contributed by atoms with E-state index in [-0.39, 0.29) is 11.6 Å². The number of rotatable bonds is 10. The van der Waals surface area contributed by atoms with Crippen LogP contribution in [0.3, 0.4) is 0 Å². The lowest BCUT2D eigenvalue weighted by Gasteiger charge is -2.18. The smallest absolute Gasteiger partial charge is 0.272 e. The van der Waals surface area contributed by atoms with Gasteiger partial charge in [-0.2, -0.15) is 0 Å². The molecule has 0 spiro atoms. The highest BCUT2D eigenvalue weighted by Gasteiger charge is 2.23. The van der Waals surface area contributed by atoms with Gasteiger partial charge in [-0.15, -0.1) is 11.8 Å². The molecule has 3 amide bonds. The summed E-state index contributed by atoms with van der Waals surface area (Å²) in [6.07, 6.45) is 1.66. The second kappa shape index (κ2) is 15.5. The van der Waals surface area contributed by atoms with Crippen LogP contribution in [-0.2, 0) is 9.59 Å². The molecule has 46 heavy (non-hydrogen) atoms.